The summed E-state index contributed by atoms with van der Waals surface area (Å²) in [7, 11) is 6.90. The molecule has 2 N–H and O–H groups in total. The maximum atomic E-state index is 5.41. The van der Waals surface area contributed by atoms with Gasteiger partial charge in [0, 0.05) is 56.6 Å². The van der Waals surface area contributed by atoms with Crippen LogP contribution in [-0.4, -0.2) is 60.0 Å². The van der Waals surface area contributed by atoms with Gasteiger partial charge in [-0.15, -0.1) is 0 Å². The van der Waals surface area contributed by atoms with Crippen molar-refractivity contribution in [3.8, 4) is 17.2 Å². The Hall–Kier alpha value is -3.09. The SMILES string of the molecule is CN=C(NCCCc1cccc(OC)c1)NC1CCN(c2cc(OC)cc(OC)c2)CC1. The molecular weight excluding hydrogens is 404 g/mol. The zero-order chi connectivity index (χ0) is 22.8. The predicted molar refractivity (Wildman–Crippen MR) is 131 cm³/mol. The van der Waals surface area contributed by atoms with Crippen LogP contribution in [0.5, 0.6) is 17.2 Å². The van der Waals surface area contributed by atoms with Crippen molar-refractivity contribution in [2.45, 2.75) is 31.7 Å². The molecule has 1 heterocycles. The van der Waals surface area contributed by atoms with E-state index in [1.165, 1.54) is 5.56 Å². The summed E-state index contributed by atoms with van der Waals surface area (Å²) >= 11 is 0. The zero-order valence-corrected chi connectivity index (χ0v) is 19.7. The Kier molecular flexibility index (Phi) is 8.90. The highest BCUT2D eigenvalue weighted by Crippen LogP contribution is 2.30. The van der Waals surface area contributed by atoms with Crippen molar-refractivity contribution < 1.29 is 14.2 Å². The van der Waals surface area contributed by atoms with Gasteiger partial charge in [0.25, 0.3) is 0 Å². The monoisotopic (exact) mass is 440 g/mol. The fourth-order valence-corrected chi connectivity index (χ4v) is 3.97. The summed E-state index contributed by atoms with van der Waals surface area (Å²) in [4.78, 5) is 6.79. The van der Waals surface area contributed by atoms with Crippen LogP contribution in [0.15, 0.2) is 47.5 Å². The van der Waals surface area contributed by atoms with Crippen LogP contribution in [-0.2, 0) is 6.42 Å². The molecule has 2 aromatic rings. The summed E-state index contributed by atoms with van der Waals surface area (Å²) in [6.45, 7) is 2.82. The number of anilines is 1. The van der Waals surface area contributed by atoms with Crippen molar-refractivity contribution in [1.29, 1.82) is 0 Å². The third-order valence-electron chi connectivity index (χ3n) is 5.83. The van der Waals surface area contributed by atoms with E-state index < -0.39 is 0 Å². The maximum absolute atomic E-state index is 5.41. The Morgan fingerprint density at radius 2 is 1.66 bits per heavy atom. The molecule has 0 atom stereocenters. The van der Waals surface area contributed by atoms with Gasteiger partial charge >= 0.3 is 0 Å². The molecule has 1 aliphatic rings. The van der Waals surface area contributed by atoms with Crippen LogP contribution < -0.4 is 29.7 Å². The van der Waals surface area contributed by atoms with Gasteiger partial charge in [-0.1, -0.05) is 12.1 Å². The molecule has 174 valence electrons. The van der Waals surface area contributed by atoms with Crippen molar-refractivity contribution in [2.75, 3.05) is 52.9 Å². The molecule has 0 radical (unpaired) electrons. The molecule has 0 spiro atoms. The first kappa shape index (κ1) is 23.6. The number of methoxy groups -OCH3 is 3. The predicted octanol–water partition coefficient (Wildman–Crippen LogP) is 3.48. The number of hydrogen-bond donors (Lipinski definition) is 2. The molecule has 0 amide bonds. The number of piperidine rings is 1. The Bertz CT molecular complexity index is 857. The van der Waals surface area contributed by atoms with Gasteiger partial charge in [0.1, 0.15) is 17.2 Å². The highest BCUT2D eigenvalue weighted by atomic mass is 16.5. The minimum atomic E-state index is 0.406. The number of nitrogens with one attached hydrogen (secondary N) is 2. The van der Waals surface area contributed by atoms with Crippen LogP contribution in [0.3, 0.4) is 0 Å². The first-order valence-electron chi connectivity index (χ1n) is 11.2. The number of nitrogens with zero attached hydrogens (tertiary/aromatic N) is 2. The molecule has 1 aliphatic heterocycles. The highest BCUT2D eigenvalue weighted by molar-refractivity contribution is 5.80. The summed E-state index contributed by atoms with van der Waals surface area (Å²) in [5, 5.41) is 7.03. The normalized spacial score (nSPS) is 14.8. The third kappa shape index (κ3) is 6.70. The molecule has 0 aliphatic carbocycles. The molecule has 7 nitrogen and oxygen atoms in total. The number of rotatable bonds is 9. The van der Waals surface area contributed by atoms with Crippen molar-refractivity contribution in [1.82, 2.24) is 10.6 Å². The second-order valence-electron chi connectivity index (χ2n) is 7.93. The quantitative estimate of drug-likeness (QED) is 0.354. The molecule has 0 aromatic heterocycles. The van der Waals surface area contributed by atoms with E-state index >= 15 is 0 Å². The lowest BCUT2D eigenvalue weighted by Crippen LogP contribution is -2.49. The number of ether oxygens (including phenoxy) is 3. The average molecular weight is 441 g/mol. The Balaban J connectivity index is 1.42. The van der Waals surface area contributed by atoms with E-state index in [4.69, 9.17) is 14.2 Å². The molecule has 0 bridgehead atoms. The van der Waals surface area contributed by atoms with Crippen molar-refractivity contribution in [3.05, 3.63) is 48.0 Å². The summed E-state index contributed by atoms with van der Waals surface area (Å²) < 4.78 is 16.1. The standard InChI is InChI=1S/C25H36N4O3/c1-26-25(27-12-6-8-19-7-5-9-22(15-19)30-2)28-20-10-13-29(14-11-20)21-16-23(31-3)18-24(17-21)32-4/h5,7,9,15-18,20H,6,8,10-14H2,1-4H3,(H2,26,27,28). The Morgan fingerprint density at radius 3 is 2.28 bits per heavy atom. The molecule has 7 heteroatoms. The van der Waals surface area contributed by atoms with Crippen molar-refractivity contribution >= 4 is 11.6 Å². The Morgan fingerprint density at radius 1 is 0.969 bits per heavy atom. The molecule has 3 rings (SSSR count). The van der Waals surface area contributed by atoms with Gasteiger partial charge in [0.05, 0.1) is 21.3 Å². The average Bonchev–Trinajstić information content (AvgIpc) is 2.85. The minimum absolute atomic E-state index is 0.406. The largest absolute Gasteiger partial charge is 0.497 e. The summed E-state index contributed by atoms with van der Waals surface area (Å²) in [6, 6.07) is 14.7. The van der Waals surface area contributed by atoms with E-state index in [-0.39, 0.29) is 0 Å². The van der Waals surface area contributed by atoms with Gasteiger partial charge in [-0.2, -0.15) is 0 Å². The molecule has 1 fully saturated rings. The minimum Gasteiger partial charge on any atom is -0.497 e. The van der Waals surface area contributed by atoms with Crippen molar-refractivity contribution in [2.24, 2.45) is 4.99 Å². The van der Waals surface area contributed by atoms with Gasteiger partial charge in [-0.05, 0) is 43.4 Å². The number of aryl methyl sites for hydroxylation is 1. The van der Waals surface area contributed by atoms with Crippen LogP contribution in [0.2, 0.25) is 0 Å². The van der Waals surface area contributed by atoms with Gasteiger partial charge in [-0.3, -0.25) is 4.99 Å². The third-order valence-corrected chi connectivity index (χ3v) is 5.83. The smallest absolute Gasteiger partial charge is 0.191 e. The van der Waals surface area contributed by atoms with Gasteiger partial charge < -0.3 is 29.7 Å². The van der Waals surface area contributed by atoms with Crippen LogP contribution >= 0.6 is 0 Å². The number of guanidine groups is 1. The van der Waals surface area contributed by atoms with Gasteiger partial charge in [0.15, 0.2) is 5.96 Å². The second kappa shape index (κ2) is 12.1. The van der Waals surface area contributed by atoms with Gasteiger partial charge in [0.2, 0.25) is 0 Å². The summed E-state index contributed by atoms with van der Waals surface area (Å²) in [5.74, 6) is 3.42. The highest BCUT2D eigenvalue weighted by Gasteiger charge is 2.21. The fourth-order valence-electron chi connectivity index (χ4n) is 3.97. The molecule has 0 saturated carbocycles. The maximum Gasteiger partial charge on any atom is 0.191 e. The molecule has 32 heavy (non-hydrogen) atoms. The number of aliphatic imine (C=N–C) groups is 1. The molecular formula is C25H36N4O3. The summed E-state index contributed by atoms with van der Waals surface area (Å²) in [5.41, 5.74) is 2.43. The lowest BCUT2D eigenvalue weighted by atomic mass is 10.0. The van der Waals surface area contributed by atoms with E-state index in [1.54, 1.807) is 21.3 Å². The molecule has 0 unspecified atom stereocenters. The lowest BCUT2D eigenvalue weighted by Gasteiger charge is -2.34. The van der Waals surface area contributed by atoms with E-state index in [0.717, 1.165) is 74.2 Å². The lowest BCUT2D eigenvalue weighted by molar-refractivity contribution is 0.393. The number of benzene rings is 2. The first-order chi connectivity index (χ1) is 15.6. The van der Waals surface area contributed by atoms with Gasteiger partial charge in [-0.25, -0.2) is 0 Å². The van der Waals surface area contributed by atoms with Crippen LogP contribution in [0.4, 0.5) is 5.69 Å². The second-order valence-corrected chi connectivity index (χ2v) is 7.93. The first-order valence-corrected chi connectivity index (χ1v) is 11.2. The van der Waals surface area contributed by atoms with Crippen LogP contribution in [0.25, 0.3) is 0 Å². The van der Waals surface area contributed by atoms with E-state index in [0.29, 0.717) is 6.04 Å². The Labute approximate surface area is 191 Å². The van der Waals surface area contributed by atoms with Crippen LogP contribution in [0, 0.1) is 0 Å². The zero-order valence-electron chi connectivity index (χ0n) is 19.7. The molecule has 2 aromatic carbocycles. The van der Waals surface area contributed by atoms with E-state index in [2.05, 4.69) is 44.8 Å². The fraction of sp³-hybridized carbons (Fsp3) is 0.480. The van der Waals surface area contributed by atoms with Crippen LogP contribution in [0.1, 0.15) is 24.8 Å². The topological polar surface area (TPSA) is 67.4 Å². The number of hydrogen-bond acceptors (Lipinski definition) is 5. The van der Waals surface area contributed by atoms with E-state index in [1.807, 2.05) is 25.2 Å². The van der Waals surface area contributed by atoms with E-state index in [9.17, 15) is 0 Å². The molecule has 1 saturated heterocycles. The summed E-state index contributed by atoms with van der Waals surface area (Å²) in [6.07, 6.45) is 4.13. The van der Waals surface area contributed by atoms with Crippen molar-refractivity contribution in [3.63, 3.8) is 0 Å².